The molecule has 1 aromatic heterocycles. The van der Waals surface area contributed by atoms with Crippen LogP contribution in [0.4, 0.5) is 24.5 Å². The molecule has 1 aromatic carbocycles. The van der Waals surface area contributed by atoms with Gasteiger partial charge in [0.15, 0.2) is 10.9 Å². The number of halogens is 4. The van der Waals surface area contributed by atoms with E-state index in [0.29, 0.717) is 11.2 Å². The molecule has 0 unspecified atom stereocenters. The third kappa shape index (κ3) is 5.45. The first-order valence-electron chi connectivity index (χ1n) is 7.57. The number of carbonyl (C=O) groups excluding carboxylic acids is 1. The van der Waals surface area contributed by atoms with Gasteiger partial charge in [-0.25, -0.2) is 9.97 Å². The number of nitrogens with zero attached hydrogens (tertiary/aromatic N) is 3. The van der Waals surface area contributed by atoms with Crippen molar-refractivity contribution >= 4 is 40.6 Å². The highest BCUT2D eigenvalue weighted by atomic mass is 35.5. The summed E-state index contributed by atoms with van der Waals surface area (Å²) in [4.78, 5) is 30.1. The van der Waals surface area contributed by atoms with Crippen molar-refractivity contribution in [3.05, 3.63) is 50.8 Å². The zero-order valence-electron chi connectivity index (χ0n) is 14.2. The van der Waals surface area contributed by atoms with Crippen molar-refractivity contribution in [2.24, 2.45) is 0 Å². The first kappa shape index (κ1) is 21.7. The molecule has 0 atom stereocenters. The number of anilines is 1. The summed E-state index contributed by atoms with van der Waals surface area (Å²) in [6.07, 6.45) is -1.67. The molecule has 0 saturated carbocycles. The highest BCUT2D eigenvalue weighted by Gasteiger charge is 2.33. The Labute approximate surface area is 166 Å². The maximum Gasteiger partial charge on any atom is 0.416 e. The van der Waals surface area contributed by atoms with Gasteiger partial charge in [-0.05, 0) is 18.4 Å². The van der Waals surface area contributed by atoms with Gasteiger partial charge in [0, 0.05) is 19.2 Å². The van der Waals surface area contributed by atoms with Crippen LogP contribution in [-0.2, 0) is 6.18 Å². The summed E-state index contributed by atoms with van der Waals surface area (Å²) < 4.78 is 38.1. The van der Waals surface area contributed by atoms with Gasteiger partial charge in [-0.1, -0.05) is 23.4 Å². The minimum Gasteiger partial charge on any atom is -0.378 e. The number of nitro groups is 1. The van der Waals surface area contributed by atoms with Crippen LogP contribution in [0.25, 0.3) is 0 Å². The Morgan fingerprint density at radius 2 is 2.07 bits per heavy atom. The van der Waals surface area contributed by atoms with Gasteiger partial charge in [-0.15, -0.1) is 0 Å². The summed E-state index contributed by atoms with van der Waals surface area (Å²) in [5.41, 5.74) is -1.97. The highest BCUT2D eigenvalue weighted by Crippen LogP contribution is 2.34. The average molecular weight is 436 g/mol. The first-order chi connectivity index (χ1) is 13.1. The van der Waals surface area contributed by atoms with Crippen LogP contribution in [0, 0.1) is 10.1 Å². The molecule has 0 aliphatic carbocycles. The van der Waals surface area contributed by atoms with Crippen LogP contribution >= 0.6 is 23.4 Å². The molecule has 8 nitrogen and oxygen atoms in total. The maximum absolute atomic E-state index is 12.7. The zero-order chi connectivity index (χ0) is 20.9. The SMILES string of the molecule is CSc1ncc(Cl)c(C(=O)NCCNc2ccc(C(F)(F)F)cc2[N+](=O)[O-])n1. The van der Waals surface area contributed by atoms with Gasteiger partial charge in [0.1, 0.15) is 5.69 Å². The van der Waals surface area contributed by atoms with Gasteiger partial charge in [0.05, 0.1) is 21.7 Å². The van der Waals surface area contributed by atoms with Crippen LogP contribution < -0.4 is 10.6 Å². The molecule has 0 saturated heterocycles. The van der Waals surface area contributed by atoms with Gasteiger partial charge in [-0.2, -0.15) is 13.2 Å². The van der Waals surface area contributed by atoms with E-state index in [9.17, 15) is 28.1 Å². The second-order valence-corrected chi connectivity index (χ2v) is 6.40. The molecule has 0 bridgehead atoms. The number of carbonyl (C=O) groups is 1. The lowest BCUT2D eigenvalue weighted by atomic mass is 10.1. The molecular formula is C15H13ClF3N5O3S. The largest absolute Gasteiger partial charge is 0.416 e. The molecule has 0 radical (unpaired) electrons. The zero-order valence-corrected chi connectivity index (χ0v) is 15.8. The third-order valence-electron chi connectivity index (χ3n) is 3.37. The monoisotopic (exact) mass is 435 g/mol. The lowest BCUT2D eigenvalue weighted by Crippen LogP contribution is -2.30. The summed E-state index contributed by atoms with van der Waals surface area (Å²) in [7, 11) is 0. The van der Waals surface area contributed by atoms with Gasteiger partial charge in [-0.3, -0.25) is 14.9 Å². The van der Waals surface area contributed by atoms with E-state index >= 15 is 0 Å². The van der Waals surface area contributed by atoms with Gasteiger partial charge < -0.3 is 10.6 Å². The Kier molecular flexibility index (Phi) is 7.02. The van der Waals surface area contributed by atoms with Crippen molar-refractivity contribution < 1.29 is 22.9 Å². The number of hydrogen-bond donors (Lipinski definition) is 2. The van der Waals surface area contributed by atoms with E-state index in [1.165, 1.54) is 18.0 Å². The molecule has 150 valence electrons. The lowest BCUT2D eigenvalue weighted by Gasteiger charge is -2.11. The smallest absolute Gasteiger partial charge is 0.378 e. The van der Waals surface area contributed by atoms with Gasteiger partial charge in [0.25, 0.3) is 11.6 Å². The standard InChI is InChI=1S/C15H13ClF3N5O3S/c1-28-14-22-7-9(16)12(23-14)13(25)21-5-4-20-10-3-2-8(15(17,18)19)6-11(10)24(26)27/h2-3,6-7,20H,4-5H2,1H3,(H,21,25). The molecule has 0 fully saturated rings. The van der Waals surface area contributed by atoms with Crippen LogP contribution in [0.2, 0.25) is 5.02 Å². The summed E-state index contributed by atoms with van der Waals surface area (Å²) in [6.45, 7) is 0.0436. The molecule has 1 heterocycles. The minimum absolute atomic E-state index is 0.0198. The number of benzene rings is 1. The summed E-state index contributed by atoms with van der Waals surface area (Å²) in [6, 6.07) is 2.15. The number of hydrogen-bond acceptors (Lipinski definition) is 7. The van der Waals surface area contributed by atoms with E-state index < -0.39 is 28.3 Å². The third-order valence-corrected chi connectivity index (χ3v) is 4.21. The van der Waals surface area contributed by atoms with Crippen LogP contribution in [0.3, 0.4) is 0 Å². The molecule has 2 N–H and O–H groups in total. The number of alkyl halides is 3. The molecular weight excluding hydrogens is 423 g/mol. The maximum atomic E-state index is 12.7. The summed E-state index contributed by atoms with van der Waals surface area (Å²) >= 11 is 7.11. The molecule has 1 amide bonds. The second kappa shape index (κ2) is 9.06. The van der Waals surface area contributed by atoms with Crippen molar-refractivity contribution in [1.82, 2.24) is 15.3 Å². The summed E-state index contributed by atoms with van der Waals surface area (Å²) in [5, 5.41) is 16.6. The Morgan fingerprint density at radius 1 is 1.36 bits per heavy atom. The van der Waals surface area contributed by atoms with E-state index in [0.717, 1.165) is 12.1 Å². The Balaban J connectivity index is 2.00. The van der Waals surface area contributed by atoms with Crippen LogP contribution in [-0.4, -0.2) is 40.1 Å². The van der Waals surface area contributed by atoms with E-state index in [1.807, 2.05) is 0 Å². The normalized spacial score (nSPS) is 11.2. The van der Waals surface area contributed by atoms with Crippen molar-refractivity contribution in [2.45, 2.75) is 11.3 Å². The number of nitrogens with one attached hydrogen (secondary N) is 2. The summed E-state index contributed by atoms with van der Waals surface area (Å²) in [5.74, 6) is -0.577. The average Bonchev–Trinajstić information content (AvgIpc) is 2.64. The first-order valence-corrected chi connectivity index (χ1v) is 9.18. The Morgan fingerprint density at radius 3 is 2.68 bits per heavy atom. The van der Waals surface area contributed by atoms with Crippen LogP contribution in [0.5, 0.6) is 0 Å². The van der Waals surface area contributed by atoms with Gasteiger partial charge >= 0.3 is 6.18 Å². The molecule has 0 aliphatic heterocycles. The van der Waals surface area contributed by atoms with Crippen LogP contribution in [0.1, 0.15) is 16.1 Å². The highest BCUT2D eigenvalue weighted by molar-refractivity contribution is 7.98. The van der Waals surface area contributed by atoms with Gasteiger partial charge in [0.2, 0.25) is 0 Å². The fraction of sp³-hybridized carbons (Fsp3) is 0.267. The number of thioether (sulfide) groups is 1. The molecule has 0 aliphatic rings. The lowest BCUT2D eigenvalue weighted by molar-refractivity contribution is -0.384. The quantitative estimate of drug-likeness (QED) is 0.225. The second-order valence-electron chi connectivity index (χ2n) is 5.22. The fourth-order valence-electron chi connectivity index (χ4n) is 2.07. The van der Waals surface area contributed by atoms with E-state index in [2.05, 4.69) is 20.6 Å². The Bertz CT molecular complexity index is 898. The van der Waals surface area contributed by atoms with Crippen molar-refractivity contribution in [3.8, 4) is 0 Å². The van der Waals surface area contributed by atoms with E-state index in [1.54, 1.807) is 6.26 Å². The molecule has 0 spiro atoms. The number of nitro benzene ring substituents is 1. The fourth-order valence-corrected chi connectivity index (χ4v) is 2.59. The number of amides is 1. The topological polar surface area (TPSA) is 110 Å². The molecule has 2 aromatic rings. The minimum atomic E-state index is -4.69. The predicted octanol–water partition coefficient (Wildman–Crippen LogP) is 3.62. The molecule has 28 heavy (non-hydrogen) atoms. The predicted molar refractivity (Wildman–Crippen MR) is 97.7 cm³/mol. The number of aromatic nitrogens is 2. The van der Waals surface area contributed by atoms with Crippen molar-refractivity contribution in [3.63, 3.8) is 0 Å². The number of rotatable bonds is 7. The molecule has 2 rings (SSSR count). The Hall–Kier alpha value is -2.60. The van der Waals surface area contributed by atoms with E-state index in [-0.39, 0.29) is 29.5 Å². The van der Waals surface area contributed by atoms with Crippen molar-refractivity contribution in [2.75, 3.05) is 24.7 Å². The van der Waals surface area contributed by atoms with E-state index in [4.69, 9.17) is 11.6 Å². The van der Waals surface area contributed by atoms with Crippen LogP contribution in [0.15, 0.2) is 29.6 Å². The molecule has 13 heteroatoms. The van der Waals surface area contributed by atoms with Crippen molar-refractivity contribution in [1.29, 1.82) is 0 Å².